The van der Waals surface area contributed by atoms with Crippen LogP contribution in [-0.2, 0) is 11.3 Å². The average Bonchev–Trinajstić information content (AvgIpc) is 2.48. The molecule has 0 saturated heterocycles. The van der Waals surface area contributed by atoms with E-state index in [9.17, 15) is 4.79 Å². The number of rotatable bonds is 7. The maximum atomic E-state index is 11.9. The molecule has 1 aromatic rings. The number of carbonyl (C=O) groups is 1. The van der Waals surface area contributed by atoms with Gasteiger partial charge >= 0.3 is 6.09 Å². The summed E-state index contributed by atoms with van der Waals surface area (Å²) in [5.74, 6) is 0. The normalized spacial score (nSPS) is 12.1. The van der Waals surface area contributed by atoms with Gasteiger partial charge in [0.05, 0.1) is 5.69 Å². The van der Waals surface area contributed by atoms with Gasteiger partial charge in [0.25, 0.3) is 0 Å². The number of pyridine rings is 1. The molecule has 5 nitrogen and oxygen atoms in total. The standard InChI is InChI=1S/C18H31N3O2/c1-7-18(8-2,13-20-16(22)23-17(4,5)6)21-12-15-10-9-14(3)11-19-15/h9-11,21H,7-8,12-13H2,1-6H3,(H,20,22). The maximum absolute atomic E-state index is 11.9. The number of ether oxygens (including phenoxy) is 1. The van der Waals surface area contributed by atoms with Crippen LogP contribution in [0.25, 0.3) is 0 Å². The van der Waals surface area contributed by atoms with Crippen LogP contribution in [0.1, 0.15) is 58.7 Å². The highest BCUT2D eigenvalue weighted by Crippen LogP contribution is 2.16. The molecule has 1 amide bonds. The number of hydrogen-bond donors (Lipinski definition) is 2. The fourth-order valence-corrected chi connectivity index (χ4v) is 2.25. The SMILES string of the molecule is CCC(CC)(CNC(=O)OC(C)(C)C)NCc1ccc(C)cn1. The zero-order valence-corrected chi connectivity index (χ0v) is 15.3. The predicted molar refractivity (Wildman–Crippen MR) is 93.4 cm³/mol. The van der Waals surface area contributed by atoms with E-state index >= 15 is 0 Å². The highest BCUT2D eigenvalue weighted by Gasteiger charge is 2.27. The van der Waals surface area contributed by atoms with Crippen molar-refractivity contribution < 1.29 is 9.53 Å². The molecule has 0 spiro atoms. The zero-order valence-electron chi connectivity index (χ0n) is 15.3. The first-order chi connectivity index (χ1) is 10.7. The summed E-state index contributed by atoms with van der Waals surface area (Å²) in [6.07, 6.45) is 3.31. The second-order valence-electron chi connectivity index (χ2n) is 7.02. The largest absolute Gasteiger partial charge is 0.444 e. The molecule has 0 fully saturated rings. The number of carbonyl (C=O) groups excluding carboxylic acids is 1. The van der Waals surface area contributed by atoms with Crippen LogP contribution >= 0.6 is 0 Å². The summed E-state index contributed by atoms with van der Waals surface area (Å²) in [7, 11) is 0. The summed E-state index contributed by atoms with van der Waals surface area (Å²) >= 11 is 0. The van der Waals surface area contributed by atoms with Crippen molar-refractivity contribution in [3.8, 4) is 0 Å². The number of amides is 1. The topological polar surface area (TPSA) is 63.2 Å². The fraction of sp³-hybridized carbons (Fsp3) is 0.667. The average molecular weight is 321 g/mol. The summed E-state index contributed by atoms with van der Waals surface area (Å²) in [5.41, 5.74) is 1.50. The fourth-order valence-electron chi connectivity index (χ4n) is 2.25. The molecule has 0 aliphatic carbocycles. The lowest BCUT2D eigenvalue weighted by molar-refractivity contribution is 0.0507. The summed E-state index contributed by atoms with van der Waals surface area (Å²) in [5, 5.41) is 6.44. The van der Waals surface area contributed by atoms with Crippen LogP contribution < -0.4 is 10.6 Å². The van der Waals surface area contributed by atoms with Crippen molar-refractivity contribution in [3.63, 3.8) is 0 Å². The lowest BCUT2D eigenvalue weighted by Crippen LogP contribution is -2.53. The predicted octanol–water partition coefficient (Wildman–Crippen LogP) is 3.56. The van der Waals surface area contributed by atoms with Crippen molar-refractivity contribution in [2.45, 2.75) is 72.1 Å². The molecule has 5 heteroatoms. The number of hydrogen-bond acceptors (Lipinski definition) is 4. The molecule has 2 N–H and O–H groups in total. The van der Waals surface area contributed by atoms with Crippen LogP contribution in [-0.4, -0.2) is 28.8 Å². The summed E-state index contributed by atoms with van der Waals surface area (Å²) in [6.45, 7) is 13.1. The molecule has 1 rings (SSSR count). The molecule has 0 atom stereocenters. The number of alkyl carbamates (subject to hydrolysis) is 1. The minimum Gasteiger partial charge on any atom is -0.444 e. The third kappa shape index (κ3) is 6.99. The van der Waals surface area contributed by atoms with E-state index in [2.05, 4.69) is 35.5 Å². The highest BCUT2D eigenvalue weighted by molar-refractivity contribution is 5.67. The van der Waals surface area contributed by atoms with Gasteiger partial charge in [-0.05, 0) is 52.2 Å². The van der Waals surface area contributed by atoms with Crippen LogP contribution in [0.2, 0.25) is 0 Å². The molecule has 0 radical (unpaired) electrons. The molecule has 0 bridgehead atoms. The van der Waals surface area contributed by atoms with E-state index < -0.39 is 5.60 Å². The van der Waals surface area contributed by atoms with E-state index in [1.807, 2.05) is 40.0 Å². The Hall–Kier alpha value is -1.62. The number of aromatic nitrogens is 1. The molecule has 0 aromatic carbocycles. The van der Waals surface area contributed by atoms with Crippen LogP contribution in [0.4, 0.5) is 4.79 Å². The minimum atomic E-state index is -0.482. The van der Waals surface area contributed by atoms with E-state index in [1.165, 1.54) is 0 Å². The van der Waals surface area contributed by atoms with Gasteiger partial charge in [0.1, 0.15) is 5.60 Å². The summed E-state index contributed by atoms with van der Waals surface area (Å²) in [6, 6.07) is 4.09. The molecule has 23 heavy (non-hydrogen) atoms. The smallest absolute Gasteiger partial charge is 0.407 e. The highest BCUT2D eigenvalue weighted by atomic mass is 16.6. The van der Waals surface area contributed by atoms with Crippen molar-refractivity contribution in [2.75, 3.05) is 6.54 Å². The van der Waals surface area contributed by atoms with Crippen molar-refractivity contribution in [1.82, 2.24) is 15.6 Å². The second kappa shape index (κ2) is 8.29. The van der Waals surface area contributed by atoms with Crippen molar-refractivity contribution in [1.29, 1.82) is 0 Å². The van der Waals surface area contributed by atoms with Gasteiger partial charge in [0, 0.05) is 24.8 Å². The van der Waals surface area contributed by atoms with Gasteiger partial charge in [-0.3, -0.25) is 4.98 Å². The Kier molecular flexibility index (Phi) is 7.01. The number of nitrogens with zero attached hydrogens (tertiary/aromatic N) is 1. The van der Waals surface area contributed by atoms with Gasteiger partial charge < -0.3 is 15.4 Å². The van der Waals surface area contributed by atoms with E-state index in [4.69, 9.17) is 4.74 Å². The Bertz CT molecular complexity index is 488. The first kappa shape index (κ1) is 19.4. The Morgan fingerprint density at radius 1 is 1.22 bits per heavy atom. The van der Waals surface area contributed by atoms with Gasteiger partial charge in [-0.15, -0.1) is 0 Å². The monoisotopic (exact) mass is 321 g/mol. The lowest BCUT2D eigenvalue weighted by Gasteiger charge is -2.33. The molecule has 130 valence electrons. The van der Waals surface area contributed by atoms with Gasteiger partial charge in [0.15, 0.2) is 0 Å². The van der Waals surface area contributed by atoms with E-state index in [0.29, 0.717) is 13.1 Å². The van der Waals surface area contributed by atoms with Crippen LogP contribution in [0.15, 0.2) is 18.3 Å². The van der Waals surface area contributed by atoms with Crippen LogP contribution in [0.3, 0.4) is 0 Å². The molecular weight excluding hydrogens is 290 g/mol. The number of nitrogens with one attached hydrogen (secondary N) is 2. The molecule has 0 aliphatic rings. The Balaban J connectivity index is 2.60. The van der Waals surface area contributed by atoms with E-state index in [0.717, 1.165) is 24.1 Å². The molecule has 0 aliphatic heterocycles. The van der Waals surface area contributed by atoms with Gasteiger partial charge in [0.2, 0.25) is 0 Å². The number of aryl methyl sites for hydroxylation is 1. The Morgan fingerprint density at radius 3 is 2.35 bits per heavy atom. The van der Waals surface area contributed by atoms with Crippen molar-refractivity contribution in [3.05, 3.63) is 29.6 Å². The first-order valence-electron chi connectivity index (χ1n) is 8.33. The maximum Gasteiger partial charge on any atom is 0.407 e. The Morgan fingerprint density at radius 2 is 1.87 bits per heavy atom. The van der Waals surface area contributed by atoms with Crippen LogP contribution in [0, 0.1) is 6.92 Å². The second-order valence-corrected chi connectivity index (χ2v) is 7.02. The molecular formula is C18H31N3O2. The van der Waals surface area contributed by atoms with E-state index in [1.54, 1.807) is 0 Å². The van der Waals surface area contributed by atoms with Crippen molar-refractivity contribution >= 4 is 6.09 Å². The minimum absolute atomic E-state index is 0.163. The zero-order chi connectivity index (χ0) is 17.5. The van der Waals surface area contributed by atoms with Crippen molar-refractivity contribution in [2.24, 2.45) is 0 Å². The Labute approximate surface area is 140 Å². The summed E-state index contributed by atoms with van der Waals surface area (Å²) in [4.78, 5) is 16.3. The van der Waals surface area contributed by atoms with Gasteiger partial charge in [-0.2, -0.15) is 0 Å². The third-order valence-corrected chi connectivity index (χ3v) is 3.94. The molecule has 0 unspecified atom stereocenters. The molecule has 1 heterocycles. The third-order valence-electron chi connectivity index (χ3n) is 3.94. The quantitative estimate of drug-likeness (QED) is 0.806. The first-order valence-corrected chi connectivity index (χ1v) is 8.33. The molecule has 0 saturated carbocycles. The van der Waals surface area contributed by atoms with Gasteiger partial charge in [-0.25, -0.2) is 4.79 Å². The molecule has 1 aromatic heterocycles. The van der Waals surface area contributed by atoms with Gasteiger partial charge in [-0.1, -0.05) is 19.9 Å². The lowest BCUT2D eigenvalue weighted by atomic mass is 9.92. The summed E-state index contributed by atoms with van der Waals surface area (Å²) < 4.78 is 5.31. The van der Waals surface area contributed by atoms with E-state index in [-0.39, 0.29) is 11.6 Å². The van der Waals surface area contributed by atoms with Crippen LogP contribution in [0.5, 0.6) is 0 Å².